The highest BCUT2D eigenvalue weighted by Gasteiger charge is 2.52. The van der Waals surface area contributed by atoms with Gasteiger partial charge in [-0.1, -0.05) is 48.5 Å². The Morgan fingerprint density at radius 2 is 1.62 bits per heavy atom. The van der Waals surface area contributed by atoms with Gasteiger partial charge in [0.2, 0.25) is 5.91 Å². The van der Waals surface area contributed by atoms with Crippen LogP contribution in [0.3, 0.4) is 0 Å². The van der Waals surface area contributed by atoms with Gasteiger partial charge in [-0.05, 0) is 37.8 Å². The van der Waals surface area contributed by atoms with Crippen molar-refractivity contribution >= 4 is 16.8 Å². The molecule has 1 amide bonds. The molecule has 0 aliphatic heterocycles. The number of unbranched alkanes of at least 4 members (excludes halogenated alkanes) is 2. The first-order valence-corrected chi connectivity index (χ1v) is 13.6. The van der Waals surface area contributed by atoms with E-state index in [0.29, 0.717) is 13.0 Å². The first kappa shape index (κ1) is 29.2. The smallest absolute Gasteiger partial charge is 0.216 e. The molecule has 1 aliphatic carbocycles. The summed E-state index contributed by atoms with van der Waals surface area (Å²) < 4.78 is 18.4. The number of carbonyl (C=O) groups excluding carboxylic acids is 1. The molecule has 9 heteroatoms. The van der Waals surface area contributed by atoms with Gasteiger partial charge in [0.05, 0.1) is 12.7 Å². The summed E-state index contributed by atoms with van der Waals surface area (Å²) in [7, 11) is 0. The lowest BCUT2D eigenvalue weighted by Crippen LogP contribution is -2.65. The average Bonchev–Trinajstić information content (AvgIpc) is 3.37. The van der Waals surface area contributed by atoms with Gasteiger partial charge in [-0.25, -0.2) is 0 Å². The largest absolute Gasteiger partial charge is 0.387 e. The highest BCUT2D eigenvalue weighted by molar-refractivity contribution is 5.83. The molecule has 0 saturated heterocycles. The molecule has 5 N–H and O–H groups in total. The second-order valence-electron chi connectivity index (χ2n) is 10.1. The van der Waals surface area contributed by atoms with Gasteiger partial charge in [0, 0.05) is 42.7 Å². The number of para-hydroxylation sites is 1. The molecule has 0 bridgehead atoms. The van der Waals surface area contributed by atoms with Crippen LogP contribution >= 0.6 is 0 Å². The van der Waals surface area contributed by atoms with Crippen molar-refractivity contribution in [3.63, 3.8) is 0 Å². The van der Waals surface area contributed by atoms with Crippen LogP contribution in [0.1, 0.15) is 50.3 Å². The molecule has 7 unspecified atom stereocenters. The van der Waals surface area contributed by atoms with Gasteiger partial charge in [0.25, 0.3) is 0 Å². The van der Waals surface area contributed by atoms with E-state index >= 15 is 0 Å². The number of benzene rings is 2. The maximum absolute atomic E-state index is 11.4. The van der Waals surface area contributed by atoms with E-state index in [-0.39, 0.29) is 19.1 Å². The van der Waals surface area contributed by atoms with Crippen LogP contribution in [0.25, 0.3) is 10.9 Å². The summed E-state index contributed by atoms with van der Waals surface area (Å²) in [5.41, 5.74) is 2.78. The highest BCUT2D eigenvalue weighted by Crippen LogP contribution is 2.34. The SMILES string of the molecule is CC(=O)NCCCCCOC1C(O)C(O)C(OCc2ccccc2)C(OC(C)c2c[nH]c3ccccc23)C1O. The molecule has 1 saturated carbocycles. The molecular weight excluding hydrogens is 500 g/mol. The van der Waals surface area contributed by atoms with Crippen molar-refractivity contribution in [2.75, 3.05) is 13.2 Å². The lowest BCUT2D eigenvalue weighted by molar-refractivity contribution is -0.265. The number of ether oxygens (including phenoxy) is 3. The number of H-pyrrole nitrogens is 1. The summed E-state index contributed by atoms with van der Waals surface area (Å²) >= 11 is 0. The van der Waals surface area contributed by atoms with Gasteiger partial charge in [-0.15, -0.1) is 0 Å². The average molecular weight is 541 g/mol. The molecule has 1 fully saturated rings. The minimum absolute atomic E-state index is 0.0642. The number of aliphatic hydroxyl groups excluding tert-OH is 3. The fourth-order valence-corrected chi connectivity index (χ4v) is 5.11. The third-order valence-electron chi connectivity index (χ3n) is 7.23. The topological polar surface area (TPSA) is 133 Å². The summed E-state index contributed by atoms with van der Waals surface area (Å²) in [6.45, 7) is 4.42. The second-order valence-corrected chi connectivity index (χ2v) is 10.1. The number of hydrogen-bond donors (Lipinski definition) is 5. The number of rotatable bonds is 13. The summed E-state index contributed by atoms with van der Waals surface area (Å²) in [6.07, 6.45) is -3.20. The van der Waals surface area contributed by atoms with Crippen LogP contribution in [0.5, 0.6) is 0 Å². The first-order valence-electron chi connectivity index (χ1n) is 13.6. The Morgan fingerprint density at radius 1 is 0.897 bits per heavy atom. The quantitative estimate of drug-likeness (QED) is 0.211. The zero-order valence-corrected chi connectivity index (χ0v) is 22.5. The van der Waals surface area contributed by atoms with Gasteiger partial charge in [0.15, 0.2) is 0 Å². The van der Waals surface area contributed by atoms with E-state index in [2.05, 4.69) is 10.3 Å². The Morgan fingerprint density at radius 3 is 2.38 bits per heavy atom. The standard InChI is InChI=1S/C30H40N2O7/c1-19(23-17-32-24-14-8-7-13-22(23)24)39-30-27(36)28(37-16-10-4-9-15-31-20(2)33)25(34)26(35)29(30)38-18-21-11-5-3-6-12-21/h3,5-8,11-14,17,19,25-30,32,34-36H,4,9-10,15-16,18H2,1-2H3,(H,31,33). The van der Waals surface area contributed by atoms with E-state index in [1.165, 1.54) is 6.92 Å². The zero-order valence-electron chi connectivity index (χ0n) is 22.5. The molecular formula is C30H40N2O7. The minimum Gasteiger partial charge on any atom is -0.387 e. The van der Waals surface area contributed by atoms with Crippen LogP contribution in [0, 0.1) is 0 Å². The van der Waals surface area contributed by atoms with Crippen molar-refractivity contribution in [2.24, 2.45) is 0 Å². The third-order valence-corrected chi connectivity index (χ3v) is 7.23. The fourth-order valence-electron chi connectivity index (χ4n) is 5.11. The number of amides is 1. The normalized spacial score (nSPS) is 26.0. The Balaban J connectivity index is 1.46. The van der Waals surface area contributed by atoms with Crippen molar-refractivity contribution in [3.8, 4) is 0 Å². The van der Waals surface area contributed by atoms with E-state index < -0.39 is 42.7 Å². The molecule has 9 nitrogen and oxygen atoms in total. The van der Waals surface area contributed by atoms with Crippen molar-refractivity contribution in [2.45, 2.75) is 82.4 Å². The molecule has 1 aromatic heterocycles. The predicted molar refractivity (Wildman–Crippen MR) is 147 cm³/mol. The second kappa shape index (κ2) is 14.0. The molecule has 3 aromatic rings. The van der Waals surface area contributed by atoms with Crippen LogP contribution in [-0.2, 0) is 25.6 Å². The Hall–Kier alpha value is -2.79. The molecule has 7 atom stereocenters. The summed E-state index contributed by atoms with van der Waals surface area (Å²) in [6, 6.07) is 17.4. The van der Waals surface area contributed by atoms with Crippen LogP contribution in [-0.4, -0.2) is 76.0 Å². The Kier molecular flexibility index (Phi) is 10.5. The van der Waals surface area contributed by atoms with Gasteiger partial charge in [0.1, 0.15) is 36.6 Å². The van der Waals surface area contributed by atoms with Crippen LogP contribution in [0.4, 0.5) is 0 Å². The highest BCUT2D eigenvalue weighted by atomic mass is 16.6. The minimum atomic E-state index is -1.36. The van der Waals surface area contributed by atoms with E-state index in [1.54, 1.807) is 0 Å². The number of aromatic amines is 1. The molecule has 1 aliphatic rings. The number of nitrogens with one attached hydrogen (secondary N) is 2. The van der Waals surface area contributed by atoms with Crippen molar-refractivity contribution in [1.29, 1.82) is 0 Å². The number of carbonyl (C=O) groups is 1. The lowest BCUT2D eigenvalue weighted by Gasteiger charge is -2.46. The molecule has 1 heterocycles. The van der Waals surface area contributed by atoms with Crippen molar-refractivity contribution in [3.05, 3.63) is 71.9 Å². The van der Waals surface area contributed by atoms with E-state index in [0.717, 1.165) is 34.9 Å². The van der Waals surface area contributed by atoms with Crippen molar-refractivity contribution < 1.29 is 34.3 Å². The van der Waals surface area contributed by atoms with E-state index in [9.17, 15) is 20.1 Å². The number of hydrogen-bond acceptors (Lipinski definition) is 7. The summed E-state index contributed by atoms with van der Waals surface area (Å²) in [5, 5.41) is 37.2. The molecule has 2 aromatic carbocycles. The maximum atomic E-state index is 11.4. The van der Waals surface area contributed by atoms with Crippen LogP contribution < -0.4 is 5.32 Å². The lowest BCUT2D eigenvalue weighted by atomic mass is 9.84. The predicted octanol–water partition coefficient (Wildman–Crippen LogP) is 2.99. The van der Waals surface area contributed by atoms with Gasteiger partial charge < -0.3 is 39.8 Å². The molecule has 212 valence electrons. The van der Waals surface area contributed by atoms with E-state index in [1.807, 2.05) is 67.7 Å². The summed E-state index contributed by atoms with van der Waals surface area (Å²) in [5.74, 6) is -0.0642. The molecule has 4 rings (SSSR count). The number of aromatic nitrogens is 1. The number of aliphatic hydroxyl groups is 3. The van der Waals surface area contributed by atoms with Gasteiger partial charge in [-0.3, -0.25) is 4.79 Å². The van der Waals surface area contributed by atoms with E-state index in [4.69, 9.17) is 14.2 Å². The van der Waals surface area contributed by atoms with Crippen LogP contribution in [0.2, 0.25) is 0 Å². The molecule has 39 heavy (non-hydrogen) atoms. The molecule has 0 radical (unpaired) electrons. The molecule has 0 spiro atoms. The summed E-state index contributed by atoms with van der Waals surface area (Å²) in [4.78, 5) is 14.2. The van der Waals surface area contributed by atoms with Gasteiger partial charge >= 0.3 is 0 Å². The van der Waals surface area contributed by atoms with Crippen molar-refractivity contribution in [1.82, 2.24) is 10.3 Å². The van der Waals surface area contributed by atoms with Gasteiger partial charge in [-0.2, -0.15) is 0 Å². The Bertz CT molecular complexity index is 1170. The zero-order chi connectivity index (χ0) is 27.8. The Labute approximate surface area is 229 Å². The number of fused-ring (bicyclic) bond motifs is 1. The monoisotopic (exact) mass is 540 g/mol. The maximum Gasteiger partial charge on any atom is 0.216 e. The first-order chi connectivity index (χ1) is 18.9. The third kappa shape index (κ3) is 7.45. The fraction of sp³-hybridized carbons (Fsp3) is 0.500. The van der Waals surface area contributed by atoms with Crippen LogP contribution in [0.15, 0.2) is 60.8 Å².